The topological polar surface area (TPSA) is 61.6 Å². The van der Waals surface area contributed by atoms with Crippen LogP contribution in [0.3, 0.4) is 0 Å². The average molecular weight is 228 g/mol. The molecule has 16 heavy (non-hydrogen) atoms. The van der Waals surface area contributed by atoms with Crippen molar-refractivity contribution >= 4 is 5.91 Å². The van der Waals surface area contributed by atoms with Gasteiger partial charge in [-0.3, -0.25) is 9.69 Å². The molecular formula is C11H24N4O. The van der Waals surface area contributed by atoms with Gasteiger partial charge >= 0.3 is 0 Å². The summed E-state index contributed by atoms with van der Waals surface area (Å²) < 4.78 is 0. The van der Waals surface area contributed by atoms with Crippen molar-refractivity contribution in [3.63, 3.8) is 0 Å². The largest absolute Gasteiger partial charge is 0.354 e. The van der Waals surface area contributed by atoms with E-state index in [1.807, 2.05) is 0 Å². The molecule has 0 aromatic carbocycles. The maximum atomic E-state index is 11.5. The van der Waals surface area contributed by atoms with Gasteiger partial charge in [-0.15, -0.1) is 0 Å². The third-order valence-corrected chi connectivity index (χ3v) is 3.04. The Kier molecular flexibility index (Phi) is 5.73. The van der Waals surface area contributed by atoms with Crippen LogP contribution in [0.25, 0.3) is 0 Å². The predicted molar refractivity (Wildman–Crippen MR) is 65.2 cm³/mol. The summed E-state index contributed by atoms with van der Waals surface area (Å²) in [4.78, 5) is 16.0. The van der Waals surface area contributed by atoms with Gasteiger partial charge in [0.05, 0.1) is 6.54 Å². The number of likely N-dealkylation sites (tertiary alicyclic amines) is 1. The van der Waals surface area contributed by atoms with Gasteiger partial charge in [-0.2, -0.15) is 0 Å². The molecule has 0 saturated carbocycles. The minimum Gasteiger partial charge on any atom is -0.354 e. The zero-order valence-corrected chi connectivity index (χ0v) is 10.4. The fourth-order valence-corrected chi connectivity index (χ4v) is 2.07. The van der Waals surface area contributed by atoms with E-state index in [1.54, 1.807) is 0 Å². The lowest BCUT2D eigenvalue weighted by Crippen LogP contribution is -2.48. The molecule has 1 saturated heterocycles. The molecule has 1 unspecified atom stereocenters. The summed E-state index contributed by atoms with van der Waals surface area (Å²) in [7, 11) is 4.20. The summed E-state index contributed by atoms with van der Waals surface area (Å²) in [6.07, 6.45) is 2.40. The summed E-state index contributed by atoms with van der Waals surface area (Å²) >= 11 is 0. The fourth-order valence-electron chi connectivity index (χ4n) is 2.07. The number of likely N-dealkylation sites (N-methyl/N-ethyl adjacent to an activating group) is 1. The van der Waals surface area contributed by atoms with E-state index < -0.39 is 0 Å². The standard InChI is InChI=1S/C11H24N4O/c1-14(2)10-4-3-7-15(8-10)9-11(16)13-6-5-12/h10H,3-9,12H2,1-2H3,(H,13,16). The molecule has 0 aliphatic carbocycles. The number of hydrogen-bond donors (Lipinski definition) is 2. The Bertz CT molecular complexity index is 220. The van der Waals surface area contributed by atoms with Crippen molar-refractivity contribution in [1.82, 2.24) is 15.1 Å². The summed E-state index contributed by atoms with van der Waals surface area (Å²) in [6, 6.07) is 0.580. The SMILES string of the molecule is CN(C)C1CCCN(CC(=O)NCCN)C1. The van der Waals surface area contributed by atoms with Gasteiger partial charge in [0.2, 0.25) is 5.91 Å². The second-order valence-electron chi connectivity index (χ2n) is 4.63. The first-order valence-corrected chi connectivity index (χ1v) is 5.99. The first-order chi connectivity index (χ1) is 7.63. The van der Waals surface area contributed by atoms with Crippen LogP contribution in [0.1, 0.15) is 12.8 Å². The monoisotopic (exact) mass is 228 g/mol. The van der Waals surface area contributed by atoms with Crippen molar-refractivity contribution in [1.29, 1.82) is 0 Å². The molecule has 0 spiro atoms. The number of nitrogens with two attached hydrogens (primary N) is 1. The summed E-state index contributed by atoms with van der Waals surface area (Å²) in [5.74, 6) is 0.0878. The first-order valence-electron chi connectivity index (χ1n) is 5.99. The lowest BCUT2D eigenvalue weighted by atomic mass is 10.1. The summed E-state index contributed by atoms with van der Waals surface area (Å²) in [6.45, 7) is 3.60. The Morgan fingerprint density at radius 2 is 2.31 bits per heavy atom. The van der Waals surface area contributed by atoms with Crippen LogP contribution in [0.5, 0.6) is 0 Å². The highest BCUT2D eigenvalue weighted by atomic mass is 16.2. The van der Waals surface area contributed by atoms with Crippen LogP contribution in [0.2, 0.25) is 0 Å². The molecule has 0 radical (unpaired) electrons. The van der Waals surface area contributed by atoms with Crippen LogP contribution in [0, 0.1) is 0 Å². The Morgan fingerprint density at radius 1 is 1.56 bits per heavy atom. The highest BCUT2D eigenvalue weighted by Crippen LogP contribution is 2.12. The molecule has 1 aliphatic heterocycles. The quantitative estimate of drug-likeness (QED) is 0.639. The summed E-state index contributed by atoms with van der Waals surface area (Å²) in [5.41, 5.74) is 5.34. The van der Waals surface area contributed by atoms with Gasteiger partial charge in [0, 0.05) is 25.7 Å². The highest BCUT2D eigenvalue weighted by molar-refractivity contribution is 5.78. The number of piperidine rings is 1. The lowest BCUT2D eigenvalue weighted by Gasteiger charge is -2.35. The maximum Gasteiger partial charge on any atom is 0.234 e. The van der Waals surface area contributed by atoms with Gasteiger partial charge in [0.1, 0.15) is 0 Å². The number of carbonyl (C=O) groups excluding carboxylic acids is 1. The molecular weight excluding hydrogens is 204 g/mol. The maximum absolute atomic E-state index is 11.5. The minimum absolute atomic E-state index is 0.0878. The van der Waals surface area contributed by atoms with Gasteiger partial charge in [0.15, 0.2) is 0 Å². The molecule has 3 N–H and O–H groups in total. The average Bonchev–Trinajstić information content (AvgIpc) is 2.26. The van der Waals surface area contributed by atoms with Gasteiger partial charge in [-0.05, 0) is 33.5 Å². The Hall–Kier alpha value is -0.650. The van der Waals surface area contributed by atoms with E-state index in [0.717, 1.165) is 13.1 Å². The molecule has 5 nitrogen and oxygen atoms in total. The van der Waals surface area contributed by atoms with Crippen LogP contribution in [0.4, 0.5) is 0 Å². The van der Waals surface area contributed by atoms with E-state index in [-0.39, 0.29) is 5.91 Å². The Labute approximate surface area is 98.0 Å². The number of amides is 1. The molecule has 1 heterocycles. The first kappa shape index (κ1) is 13.4. The third-order valence-electron chi connectivity index (χ3n) is 3.04. The number of hydrogen-bond acceptors (Lipinski definition) is 4. The molecule has 0 aromatic rings. The third kappa shape index (κ3) is 4.47. The molecule has 1 aliphatic rings. The van der Waals surface area contributed by atoms with E-state index >= 15 is 0 Å². The van der Waals surface area contributed by atoms with Crippen LogP contribution < -0.4 is 11.1 Å². The number of nitrogens with zero attached hydrogens (tertiary/aromatic N) is 2. The fraction of sp³-hybridized carbons (Fsp3) is 0.909. The van der Waals surface area contributed by atoms with Crippen molar-refractivity contribution in [2.45, 2.75) is 18.9 Å². The molecule has 0 aromatic heterocycles. The van der Waals surface area contributed by atoms with Crippen LogP contribution >= 0.6 is 0 Å². The highest BCUT2D eigenvalue weighted by Gasteiger charge is 2.22. The molecule has 1 atom stereocenters. The Morgan fingerprint density at radius 3 is 2.94 bits per heavy atom. The zero-order chi connectivity index (χ0) is 12.0. The van der Waals surface area contributed by atoms with Gasteiger partial charge in [-0.25, -0.2) is 0 Å². The second-order valence-corrected chi connectivity index (χ2v) is 4.63. The minimum atomic E-state index is 0.0878. The van der Waals surface area contributed by atoms with Gasteiger partial charge in [-0.1, -0.05) is 0 Å². The molecule has 0 bridgehead atoms. The Balaban J connectivity index is 2.28. The van der Waals surface area contributed by atoms with Crippen molar-refractivity contribution in [3.05, 3.63) is 0 Å². The molecule has 5 heteroatoms. The van der Waals surface area contributed by atoms with E-state index in [1.165, 1.54) is 12.8 Å². The number of nitrogens with one attached hydrogen (secondary N) is 1. The molecule has 94 valence electrons. The van der Waals surface area contributed by atoms with Crippen LogP contribution in [0.15, 0.2) is 0 Å². The van der Waals surface area contributed by atoms with Gasteiger partial charge < -0.3 is 16.0 Å². The predicted octanol–water partition coefficient (Wildman–Crippen LogP) is -0.913. The van der Waals surface area contributed by atoms with Crippen molar-refractivity contribution < 1.29 is 4.79 Å². The van der Waals surface area contributed by atoms with Gasteiger partial charge in [0.25, 0.3) is 0 Å². The van der Waals surface area contributed by atoms with Crippen LogP contribution in [-0.4, -0.2) is 68.6 Å². The molecule has 1 fully saturated rings. The van der Waals surface area contributed by atoms with E-state index in [9.17, 15) is 4.79 Å². The van der Waals surface area contributed by atoms with Crippen molar-refractivity contribution in [2.24, 2.45) is 5.73 Å². The summed E-state index contributed by atoms with van der Waals surface area (Å²) in [5, 5.41) is 2.80. The normalized spacial score (nSPS) is 22.4. The van der Waals surface area contributed by atoms with Crippen molar-refractivity contribution in [3.8, 4) is 0 Å². The van der Waals surface area contributed by atoms with Crippen LogP contribution in [-0.2, 0) is 4.79 Å². The van der Waals surface area contributed by atoms with Crippen molar-refractivity contribution in [2.75, 3.05) is 46.8 Å². The smallest absolute Gasteiger partial charge is 0.234 e. The lowest BCUT2D eigenvalue weighted by molar-refractivity contribution is -0.122. The molecule has 1 amide bonds. The second kappa shape index (κ2) is 6.83. The zero-order valence-electron chi connectivity index (χ0n) is 10.4. The van der Waals surface area contributed by atoms with E-state index in [4.69, 9.17) is 5.73 Å². The number of rotatable bonds is 5. The van der Waals surface area contributed by atoms with E-state index in [0.29, 0.717) is 25.7 Å². The number of carbonyl (C=O) groups is 1. The molecule has 1 rings (SSSR count). The van der Waals surface area contributed by atoms with E-state index in [2.05, 4.69) is 29.2 Å².